The first-order chi connectivity index (χ1) is 13.4. The molecule has 0 saturated carbocycles. The van der Waals surface area contributed by atoms with Crippen LogP contribution in [0, 0.1) is 16.7 Å². The molecule has 0 spiro atoms. The minimum absolute atomic E-state index is 0.0724. The average molecular weight is 427 g/mol. The number of carbonyl (C=O) groups is 2. The second kappa shape index (κ2) is 14.2. The predicted octanol–water partition coefficient (Wildman–Crippen LogP) is 6.17. The first-order valence-corrected chi connectivity index (χ1v) is 11.9. The molecule has 0 aliphatic rings. The van der Waals surface area contributed by atoms with E-state index in [0.29, 0.717) is 11.7 Å². The van der Waals surface area contributed by atoms with Crippen LogP contribution >= 0.6 is 9.39 Å². The molecule has 29 heavy (non-hydrogen) atoms. The number of rotatable bonds is 17. The normalized spacial score (nSPS) is 13.1. The number of Topliss-reactive ketones (excluding diaryl/α,β-unsaturated/α-hetero) is 1. The molecule has 0 heterocycles. The zero-order chi connectivity index (χ0) is 22.5. The molecule has 0 aliphatic heterocycles. The van der Waals surface area contributed by atoms with E-state index in [1.54, 1.807) is 6.92 Å². The Labute approximate surface area is 182 Å². The van der Waals surface area contributed by atoms with Crippen molar-refractivity contribution >= 4 is 21.1 Å². The summed E-state index contributed by atoms with van der Waals surface area (Å²) in [5.74, 6) is 0.855. The molecular weight excluding hydrogens is 379 g/mol. The average Bonchev–Trinajstić information content (AvgIpc) is 2.65. The Morgan fingerprint density at radius 3 is 2.07 bits per heavy atom. The number of nitrogens with one attached hydrogen (secondary N) is 2. The number of amides is 1. The van der Waals surface area contributed by atoms with Gasteiger partial charge in [0.15, 0.2) is 0 Å². The first-order valence-electron chi connectivity index (χ1n) is 11.3. The number of hydrogen-bond donors (Lipinski definition) is 2. The Kier molecular flexibility index (Phi) is 13.7. The molecule has 0 aliphatic carbocycles. The van der Waals surface area contributed by atoms with Crippen LogP contribution < -0.4 is 10.4 Å². The molecule has 5 heteroatoms. The van der Waals surface area contributed by atoms with Crippen molar-refractivity contribution in [1.29, 1.82) is 0 Å². The Morgan fingerprint density at radius 2 is 1.52 bits per heavy atom. The highest BCUT2D eigenvalue weighted by Gasteiger charge is 2.30. The van der Waals surface area contributed by atoms with E-state index in [-0.39, 0.29) is 16.7 Å². The molecule has 4 nitrogen and oxygen atoms in total. The maximum Gasteiger partial charge on any atom is 0.228 e. The molecule has 2 atom stereocenters. The summed E-state index contributed by atoms with van der Waals surface area (Å²) in [6, 6.07) is 0. The third-order valence-electron chi connectivity index (χ3n) is 5.98. The quantitative estimate of drug-likeness (QED) is 0.216. The van der Waals surface area contributed by atoms with Gasteiger partial charge in [-0.15, -0.1) is 0 Å². The topological polar surface area (TPSA) is 58.2 Å². The highest BCUT2D eigenvalue weighted by molar-refractivity contribution is 7.15. The van der Waals surface area contributed by atoms with E-state index in [2.05, 4.69) is 47.1 Å². The maximum atomic E-state index is 12.0. The van der Waals surface area contributed by atoms with E-state index >= 15 is 0 Å². The first kappa shape index (κ1) is 28.1. The predicted molar refractivity (Wildman–Crippen MR) is 129 cm³/mol. The van der Waals surface area contributed by atoms with Crippen molar-refractivity contribution in [2.24, 2.45) is 16.7 Å². The lowest BCUT2D eigenvalue weighted by atomic mass is 9.78. The van der Waals surface area contributed by atoms with Gasteiger partial charge in [0.05, 0.1) is 0 Å². The molecule has 0 fully saturated rings. The number of carbonyl (C=O) groups excluding carboxylic acids is 2. The molecule has 0 radical (unpaired) electrons. The largest absolute Gasteiger partial charge is 0.388 e. The zero-order valence-corrected chi connectivity index (χ0v) is 21.1. The molecule has 2 N–H and O–H groups in total. The third-order valence-corrected chi connectivity index (χ3v) is 6.24. The monoisotopic (exact) mass is 426 g/mol. The van der Waals surface area contributed by atoms with Crippen LogP contribution in [0.3, 0.4) is 0 Å². The van der Waals surface area contributed by atoms with Gasteiger partial charge in [-0.1, -0.05) is 73.3 Å². The number of ketones is 1. The van der Waals surface area contributed by atoms with Gasteiger partial charge in [-0.25, -0.2) is 0 Å². The molecule has 1 amide bonds. The van der Waals surface area contributed by atoms with Crippen LogP contribution in [0.4, 0.5) is 0 Å². The standard InChI is InChI=1S/C24H47N2O2P/c1-19(14-12-10-8-9-11-13-15-20(2)27)21(3)25-18-23(4,5)16-17-24(6,7)22(28)26-29/h19,25H,3,8-18,29H2,1-2,4-7H3,(H,26,28). The fourth-order valence-corrected chi connectivity index (χ4v) is 3.67. The Bertz CT molecular complexity index is 515. The second-order valence-electron chi connectivity index (χ2n) is 10.2. The summed E-state index contributed by atoms with van der Waals surface area (Å²) >= 11 is 0. The van der Waals surface area contributed by atoms with Gasteiger partial charge in [0.2, 0.25) is 5.91 Å². The van der Waals surface area contributed by atoms with Crippen molar-refractivity contribution in [3.63, 3.8) is 0 Å². The number of unbranched alkanes of at least 4 members (excludes halogenated alkanes) is 5. The molecule has 2 unspecified atom stereocenters. The van der Waals surface area contributed by atoms with E-state index < -0.39 is 0 Å². The third kappa shape index (κ3) is 13.9. The van der Waals surface area contributed by atoms with Crippen LogP contribution in [0.1, 0.15) is 106 Å². The molecule has 0 bridgehead atoms. The lowest BCUT2D eigenvalue weighted by molar-refractivity contribution is -0.128. The molecule has 0 aromatic heterocycles. The lowest BCUT2D eigenvalue weighted by Crippen LogP contribution is -2.35. The van der Waals surface area contributed by atoms with Gasteiger partial charge in [-0.3, -0.25) is 4.79 Å². The van der Waals surface area contributed by atoms with Crippen LogP contribution in [0.5, 0.6) is 0 Å². The Balaban J connectivity index is 4.01. The summed E-state index contributed by atoms with van der Waals surface area (Å²) in [5.41, 5.74) is 0.887. The van der Waals surface area contributed by atoms with E-state index in [4.69, 9.17) is 0 Å². The second-order valence-corrected chi connectivity index (χ2v) is 10.5. The molecular formula is C24H47N2O2P. The molecule has 170 valence electrons. The van der Waals surface area contributed by atoms with E-state index in [1.165, 1.54) is 38.5 Å². The maximum absolute atomic E-state index is 12.0. The molecule has 0 aromatic rings. The van der Waals surface area contributed by atoms with Crippen molar-refractivity contribution in [2.75, 3.05) is 6.54 Å². The van der Waals surface area contributed by atoms with Crippen LogP contribution in [-0.2, 0) is 9.59 Å². The highest BCUT2D eigenvalue weighted by atomic mass is 31.0. The van der Waals surface area contributed by atoms with Gasteiger partial charge in [-0.2, -0.15) is 0 Å². The summed E-state index contributed by atoms with van der Waals surface area (Å²) < 4.78 is 0. The van der Waals surface area contributed by atoms with E-state index in [1.807, 2.05) is 13.8 Å². The number of allylic oxidation sites excluding steroid dienone is 1. The Morgan fingerprint density at radius 1 is 0.966 bits per heavy atom. The summed E-state index contributed by atoms with van der Waals surface area (Å²) in [5, 5.41) is 6.23. The van der Waals surface area contributed by atoms with Crippen molar-refractivity contribution in [2.45, 2.75) is 106 Å². The lowest BCUT2D eigenvalue weighted by Gasteiger charge is -2.31. The fraction of sp³-hybridized carbons (Fsp3) is 0.833. The van der Waals surface area contributed by atoms with Gasteiger partial charge < -0.3 is 15.2 Å². The highest BCUT2D eigenvalue weighted by Crippen LogP contribution is 2.31. The smallest absolute Gasteiger partial charge is 0.228 e. The van der Waals surface area contributed by atoms with E-state index in [0.717, 1.165) is 37.9 Å². The Hall–Kier alpha value is -0.890. The molecule has 0 aromatic carbocycles. The summed E-state index contributed by atoms with van der Waals surface area (Å²) in [6.07, 6.45) is 11.0. The zero-order valence-electron chi connectivity index (χ0n) is 20.0. The fourth-order valence-electron chi connectivity index (χ4n) is 3.28. The molecule has 0 rings (SSSR count). The number of hydrogen-bond acceptors (Lipinski definition) is 3. The minimum atomic E-state index is -0.352. The molecule has 0 saturated heterocycles. The summed E-state index contributed by atoms with van der Waals surface area (Å²) in [4.78, 5) is 22.9. The van der Waals surface area contributed by atoms with Crippen molar-refractivity contribution in [1.82, 2.24) is 10.4 Å². The van der Waals surface area contributed by atoms with Crippen LogP contribution in [0.25, 0.3) is 0 Å². The van der Waals surface area contributed by atoms with Crippen LogP contribution in [0.2, 0.25) is 0 Å². The summed E-state index contributed by atoms with van der Waals surface area (Å²) in [7, 11) is 2.30. The van der Waals surface area contributed by atoms with E-state index in [9.17, 15) is 9.59 Å². The summed E-state index contributed by atoms with van der Waals surface area (Å²) in [6.45, 7) is 17.6. The van der Waals surface area contributed by atoms with Crippen LogP contribution in [0.15, 0.2) is 12.3 Å². The van der Waals surface area contributed by atoms with Crippen molar-refractivity contribution < 1.29 is 9.59 Å². The van der Waals surface area contributed by atoms with Gasteiger partial charge in [-0.05, 0) is 53.3 Å². The van der Waals surface area contributed by atoms with Crippen molar-refractivity contribution in [3.8, 4) is 0 Å². The minimum Gasteiger partial charge on any atom is -0.388 e. The van der Waals surface area contributed by atoms with Crippen LogP contribution in [-0.4, -0.2) is 18.2 Å². The van der Waals surface area contributed by atoms with Crippen molar-refractivity contribution in [3.05, 3.63) is 12.3 Å². The SMILES string of the molecule is C=C(NCC(C)(C)CCC(C)(C)C(=O)NP)C(C)CCCCCCCCC(C)=O. The van der Waals surface area contributed by atoms with Gasteiger partial charge >= 0.3 is 0 Å². The van der Waals surface area contributed by atoms with Gasteiger partial charge in [0.25, 0.3) is 0 Å². The van der Waals surface area contributed by atoms with Gasteiger partial charge in [0, 0.05) is 24.1 Å². The van der Waals surface area contributed by atoms with Gasteiger partial charge in [0.1, 0.15) is 5.78 Å².